The van der Waals surface area contributed by atoms with Crippen LogP contribution in [0.4, 0.5) is 0 Å². The van der Waals surface area contributed by atoms with Gasteiger partial charge in [0.05, 0.1) is 0 Å². The Bertz CT molecular complexity index is 435. The molecule has 0 saturated carbocycles. The highest BCUT2D eigenvalue weighted by Gasteiger charge is 2.15. The van der Waals surface area contributed by atoms with Gasteiger partial charge < -0.3 is 0 Å². The summed E-state index contributed by atoms with van der Waals surface area (Å²) in [7, 11) is 0. The van der Waals surface area contributed by atoms with Crippen LogP contribution in [0.25, 0.3) is 0 Å². The normalized spacial score (nSPS) is 13.9. The van der Waals surface area contributed by atoms with Crippen molar-refractivity contribution >= 4 is 15.9 Å². The van der Waals surface area contributed by atoms with Crippen LogP contribution in [0.5, 0.6) is 0 Å². The fraction of sp³-hybridized carbons (Fsp3) is 0.467. The highest BCUT2D eigenvalue weighted by atomic mass is 79.9. The zero-order chi connectivity index (χ0) is 12.3. The van der Waals surface area contributed by atoms with Crippen molar-refractivity contribution in [2.75, 3.05) is 0 Å². The third-order valence-corrected chi connectivity index (χ3v) is 3.91. The summed E-state index contributed by atoms with van der Waals surface area (Å²) in [6, 6.07) is 4.48. The van der Waals surface area contributed by atoms with Gasteiger partial charge in [0.15, 0.2) is 0 Å². The lowest BCUT2D eigenvalue weighted by Gasteiger charge is -2.18. The van der Waals surface area contributed by atoms with E-state index in [-0.39, 0.29) is 0 Å². The minimum Gasteiger partial charge on any atom is -0.106 e. The van der Waals surface area contributed by atoms with Crippen LogP contribution in [0.1, 0.15) is 43.4 Å². The van der Waals surface area contributed by atoms with Crippen molar-refractivity contribution in [2.45, 2.75) is 40.5 Å². The van der Waals surface area contributed by atoms with Gasteiger partial charge in [-0.1, -0.05) is 41.8 Å². The third kappa shape index (κ3) is 2.89. The Morgan fingerprint density at radius 2 is 1.69 bits per heavy atom. The molecule has 1 heteroatoms. The maximum Gasteiger partial charge on any atom is 0.0240 e. The van der Waals surface area contributed by atoms with E-state index in [2.05, 4.69) is 67.6 Å². The van der Waals surface area contributed by atoms with Crippen LogP contribution in [-0.4, -0.2) is 0 Å². The number of aryl methyl sites for hydroxylation is 2. The number of hydrogen-bond acceptors (Lipinski definition) is 0. The molecule has 0 bridgehead atoms. The second-order valence-electron chi connectivity index (χ2n) is 4.43. The van der Waals surface area contributed by atoms with Gasteiger partial charge in [-0.2, -0.15) is 0 Å². The standard InChI is InChI=1S/C15H19Br/c1-6-7-10(2)13(5)14-8-11(3)12(4)9-15(14)16/h8-10,13H,1-5H3. The van der Waals surface area contributed by atoms with E-state index in [0.717, 1.165) is 0 Å². The van der Waals surface area contributed by atoms with Crippen molar-refractivity contribution in [3.05, 3.63) is 33.3 Å². The summed E-state index contributed by atoms with van der Waals surface area (Å²) in [5.74, 6) is 7.08. The van der Waals surface area contributed by atoms with Gasteiger partial charge in [-0.05, 0) is 49.4 Å². The van der Waals surface area contributed by atoms with Crippen molar-refractivity contribution in [3.63, 3.8) is 0 Å². The summed E-state index contributed by atoms with van der Waals surface area (Å²) in [5.41, 5.74) is 4.04. The van der Waals surface area contributed by atoms with Crippen LogP contribution in [0.2, 0.25) is 0 Å². The minimum absolute atomic E-state index is 0.392. The number of hydrogen-bond donors (Lipinski definition) is 0. The van der Waals surface area contributed by atoms with Gasteiger partial charge in [0.1, 0.15) is 0 Å². The molecular weight excluding hydrogens is 260 g/mol. The van der Waals surface area contributed by atoms with Crippen LogP contribution >= 0.6 is 15.9 Å². The van der Waals surface area contributed by atoms with Gasteiger partial charge in [-0.3, -0.25) is 0 Å². The average molecular weight is 279 g/mol. The Balaban J connectivity index is 3.11. The molecule has 0 fully saturated rings. The SMILES string of the molecule is CC#CC(C)C(C)c1cc(C)c(C)cc1Br. The van der Waals surface area contributed by atoms with E-state index in [4.69, 9.17) is 0 Å². The zero-order valence-corrected chi connectivity index (χ0v) is 12.3. The van der Waals surface area contributed by atoms with E-state index in [0.29, 0.717) is 11.8 Å². The molecule has 16 heavy (non-hydrogen) atoms. The molecule has 0 radical (unpaired) electrons. The number of halogens is 1. The molecule has 0 heterocycles. The summed E-state index contributed by atoms with van der Waals surface area (Å²) < 4.78 is 1.20. The van der Waals surface area contributed by atoms with E-state index in [9.17, 15) is 0 Å². The molecule has 1 aromatic rings. The highest BCUT2D eigenvalue weighted by Crippen LogP contribution is 2.32. The lowest BCUT2D eigenvalue weighted by Crippen LogP contribution is -2.05. The molecule has 0 N–H and O–H groups in total. The molecule has 86 valence electrons. The molecule has 1 aromatic carbocycles. The van der Waals surface area contributed by atoms with Gasteiger partial charge in [0.2, 0.25) is 0 Å². The van der Waals surface area contributed by atoms with Crippen LogP contribution in [0, 0.1) is 31.6 Å². The second kappa shape index (κ2) is 5.55. The lowest BCUT2D eigenvalue weighted by atomic mass is 9.88. The van der Waals surface area contributed by atoms with Crippen LogP contribution in [-0.2, 0) is 0 Å². The second-order valence-corrected chi connectivity index (χ2v) is 5.28. The quantitative estimate of drug-likeness (QED) is 0.680. The first-order valence-corrected chi connectivity index (χ1v) is 6.45. The molecular formula is C15H19Br. The predicted molar refractivity (Wildman–Crippen MR) is 74.6 cm³/mol. The Morgan fingerprint density at radius 1 is 1.12 bits per heavy atom. The zero-order valence-electron chi connectivity index (χ0n) is 10.7. The number of rotatable bonds is 2. The first kappa shape index (κ1) is 13.3. The first-order chi connectivity index (χ1) is 7.47. The van der Waals surface area contributed by atoms with Gasteiger partial charge in [-0.15, -0.1) is 5.92 Å². The molecule has 2 atom stereocenters. The van der Waals surface area contributed by atoms with Crippen molar-refractivity contribution < 1.29 is 0 Å². The average Bonchev–Trinajstić information content (AvgIpc) is 2.23. The molecule has 0 spiro atoms. The Labute approximate surface area is 108 Å². The van der Waals surface area contributed by atoms with Gasteiger partial charge in [0.25, 0.3) is 0 Å². The van der Waals surface area contributed by atoms with Gasteiger partial charge in [0, 0.05) is 10.4 Å². The van der Waals surface area contributed by atoms with E-state index in [1.807, 2.05) is 6.92 Å². The minimum atomic E-state index is 0.392. The Hall–Kier alpha value is -0.740. The molecule has 0 aliphatic rings. The summed E-state index contributed by atoms with van der Waals surface area (Å²) in [4.78, 5) is 0. The monoisotopic (exact) mass is 278 g/mol. The summed E-state index contributed by atoms with van der Waals surface area (Å²) in [5, 5.41) is 0. The molecule has 0 nitrogen and oxygen atoms in total. The van der Waals surface area contributed by atoms with Gasteiger partial charge >= 0.3 is 0 Å². The maximum atomic E-state index is 3.65. The van der Waals surface area contributed by atoms with Crippen molar-refractivity contribution in [1.82, 2.24) is 0 Å². The van der Waals surface area contributed by atoms with E-state index in [1.54, 1.807) is 0 Å². The fourth-order valence-electron chi connectivity index (χ4n) is 1.77. The molecule has 1 rings (SSSR count). The summed E-state index contributed by atoms with van der Waals surface area (Å²) in [6.07, 6.45) is 0. The largest absolute Gasteiger partial charge is 0.106 e. The maximum absolute atomic E-state index is 3.65. The number of benzene rings is 1. The molecule has 0 aromatic heterocycles. The Kier molecular flexibility index (Phi) is 4.62. The summed E-state index contributed by atoms with van der Waals surface area (Å²) in [6.45, 7) is 10.6. The molecule has 0 aliphatic carbocycles. The predicted octanol–water partition coefficient (Wildman–Crippen LogP) is 4.83. The third-order valence-electron chi connectivity index (χ3n) is 3.23. The van der Waals surface area contributed by atoms with Crippen molar-refractivity contribution in [2.24, 2.45) is 5.92 Å². The van der Waals surface area contributed by atoms with Crippen molar-refractivity contribution in [1.29, 1.82) is 0 Å². The molecule has 0 amide bonds. The van der Waals surface area contributed by atoms with Crippen molar-refractivity contribution in [3.8, 4) is 11.8 Å². The molecule has 0 saturated heterocycles. The van der Waals surface area contributed by atoms with E-state index >= 15 is 0 Å². The highest BCUT2D eigenvalue weighted by molar-refractivity contribution is 9.10. The molecule has 0 aliphatic heterocycles. The van der Waals surface area contributed by atoms with Crippen LogP contribution in [0.3, 0.4) is 0 Å². The Morgan fingerprint density at radius 3 is 2.25 bits per heavy atom. The smallest absolute Gasteiger partial charge is 0.0240 e. The van der Waals surface area contributed by atoms with Gasteiger partial charge in [-0.25, -0.2) is 0 Å². The molecule has 2 unspecified atom stereocenters. The summed E-state index contributed by atoms with van der Waals surface area (Å²) >= 11 is 3.65. The topological polar surface area (TPSA) is 0 Å². The first-order valence-electron chi connectivity index (χ1n) is 5.66. The van der Waals surface area contributed by atoms with Crippen LogP contribution in [0.15, 0.2) is 16.6 Å². The van der Waals surface area contributed by atoms with E-state index < -0.39 is 0 Å². The van der Waals surface area contributed by atoms with Crippen LogP contribution < -0.4 is 0 Å². The fourth-order valence-corrected chi connectivity index (χ4v) is 2.59. The lowest BCUT2D eigenvalue weighted by molar-refractivity contribution is 0.607. The van der Waals surface area contributed by atoms with E-state index in [1.165, 1.54) is 21.2 Å².